The van der Waals surface area contributed by atoms with Gasteiger partial charge in [-0.3, -0.25) is 0 Å². The monoisotopic (exact) mass is 357 g/mol. The van der Waals surface area contributed by atoms with E-state index in [1.54, 1.807) is 30.3 Å². The first-order valence-corrected chi connectivity index (χ1v) is 8.34. The third-order valence-electron chi connectivity index (χ3n) is 3.59. The van der Waals surface area contributed by atoms with Crippen LogP contribution in [0.25, 0.3) is 0 Å². The molecule has 1 aromatic heterocycles. The lowest BCUT2D eigenvalue weighted by molar-refractivity contribution is -0.242. The largest absolute Gasteiger partial charge is 0.348 e. The van der Waals surface area contributed by atoms with Gasteiger partial charge in [0.15, 0.2) is 0 Å². The van der Waals surface area contributed by atoms with Gasteiger partial charge in [-0.1, -0.05) is 49.0 Å². The van der Waals surface area contributed by atoms with E-state index in [1.807, 2.05) is 6.07 Å². The van der Waals surface area contributed by atoms with E-state index in [0.29, 0.717) is 23.2 Å². The molecule has 0 aliphatic heterocycles. The van der Waals surface area contributed by atoms with E-state index >= 15 is 0 Å². The summed E-state index contributed by atoms with van der Waals surface area (Å²) >= 11 is 12.4. The van der Waals surface area contributed by atoms with Crippen molar-refractivity contribution < 1.29 is 9.47 Å². The first-order valence-electron chi connectivity index (χ1n) is 7.58. The number of unbranched alkanes of at least 4 members (excludes halogenated alkanes) is 2. The highest BCUT2D eigenvalue weighted by Crippen LogP contribution is 2.35. The molecule has 23 heavy (non-hydrogen) atoms. The summed E-state index contributed by atoms with van der Waals surface area (Å²) in [5.41, 5.74) is 0.720. The molecule has 0 radical (unpaired) electrons. The molecule has 1 aromatic carbocycles. The zero-order valence-electron chi connectivity index (χ0n) is 13.3. The van der Waals surface area contributed by atoms with Crippen molar-refractivity contribution >= 4 is 23.2 Å². The molecule has 1 atom stereocenters. The van der Waals surface area contributed by atoms with Crippen molar-refractivity contribution in [1.82, 2.24) is 14.8 Å². The summed E-state index contributed by atoms with van der Waals surface area (Å²) in [6.45, 7) is 3.06. The Bertz CT molecular complexity index is 607. The average Bonchev–Trinajstić information content (AvgIpc) is 3.03. The average molecular weight is 358 g/mol. The third kappa shape index (κ3) is 4.67. The van der Waals surface area contributed by atoms with E-state index in [0.717, 1.165) is 24.8 Å². The molecular weight excluding hydrogens is 337 g/mol. The molecule has 0 N–H and O–H groups in total. The summed E-state index contributed by atoms with van der Waals surface area (Å²) in [5, 5.41) is 5.20. The Labute approximate surface area is 146 Å². The van der Waals surface area contributed by atoms with Gasteiger partial charge in [0.25, 0.3) is 0 Å². The highest BCUT2D eigenvalue weighted by molar-refractivity contribution is 6.35. The maximum absolute atomic E-state index is 6.38. The smallest absolute Gasteiger partial charge is 0.216 e. The summed E-state index contributed by atoms with van der Waals surface area (Å²) in [6.07, 6.45) is 6.25. The van der Waals surface area contributed by atoms with Crippen LogP contribution in [0.15, 0.2) is 30.9 Å². The van der Waals surface area contributed by atoms with Crippen LogP contribution in [0.3, 0.4) is 0 Å². The fourth-order valence-electron chi connectivity index (χ4n) is 2.36. The molecule has 126 valence electrons. The van der Waals surface area contributed by atoms with E-state index < -0.39 is 5.79 Å². The summed E-state index contributed by atoms with van der Waals surface area (Å²) in [7, 11) is 1.60. The number of methoxy groups -OCH3 is 1. The van der Waals surface area contributed by atoms with Crippen molar-refractivity contribution in [2.75, 3.05) is 13.7 Å². The number of aromatic nitrogens is 3. The highest BCUT2D eigenvalue weighted by atomic mass is 35.5. The first-order chi connectivity index (χ1) is 11.1. The van der Waals surface area contributed by atoms with Crippen molar-refractivity contribution in [1.29, 1.82) is 0 Å². The van der Waals surface area contributed by atoms with Gasteiger partial charge in [-0.2, -0.15) is 5.10 Å². The van der Waals surface area contributed by atoms with Gasteiger partial charge in [-0.25, -0.2) is 9.67 Å². The number of rotatable bonds is 9. The van der Waals surface area contributed by atoms with Crippen molar-refractivity contribution in [3.8, 4) is 0 Å². The Balaban J connectivity index is 2.31. The van der Waals surface area contributed by atoms with Gasteiger partial charge >= 0.3 is 0 Å². The van der Waals surface area contributed by atoms with E-state index in [1.165, 1.54) is 6.33 Å². The van der Waals surface area contributed by atoms with Crippen LogP contribution in [0.5, 0.6) is 0 Å². The molecule has 0 spiro atoms. The SMILES string of the molecule is CCCCCOC(Cn1cncn1)(OC)c1ccc(Cl)cc1Cl. The Hall–Kier alpha value is -1.14. The van der Waals surface area contributed by atoms with Crippen molar-refractivity contribution in [3.63, 3.8) is 0 Å². The van der Waals surface area contributed by atoms with Crippen LogP contribution >= 0.6 is 23.2 Å². The lowest BCUT2D eigenvalue weighted by Gasteiger charge is -2.33. The van der Waals surface area contributed by atoms with Crippen LogP contribution < -0.4 is 0 Å². The van der Waals surface area contributed by atoms with Gasteiger partial charge in [-0.15, -0.1) is 0 Å². The normalized spacial score (nSPS) is 13.9. The molecule has 2 rings (SSSR count). The molecule has 5 nitrogen and oxygen atoms in total. The maximum atomic E-state index is 6.38. The fraction of sp³-hybridized carbons (Fsp3) is 0.500. The number of ether oxygens (including phenoxy) is 2. The van der Waals surface area contributed by atoms with E-state index in [2.05, 4.69) is 17.0 Å². The quantitative estimate of drug-likeness (QED) is 0.496. The van der Waals surface area contributed by atoms with Crippen LogP contribution in [-0.2, 0) is 21.8 Å². The molecule has 0 aliphatic rings. The number of benzene rings is 1. The van der Waals surface area contributed by atoms with Crippen LogP contribution in [0.1, 0.15) is 31.7 Å². The van der Waals surface area contributed by atoms with Crippen molar-refractivity contribution in [3.05, 3.63) is 46.5 Å². The molecule has 0 fully saturated rings. The van der Waals surface area contributed by atoms with Gasteiger partial charge in [-0.05, 0) is 18.6 Å². The second-order valence-corrected chi connectivity index (χ2v) is 6.07. The predicted molar refractivity (Wildman–Crippen MR) is 90.6 cm³/mol. The third-order valence-corrected chi connectivity index (χ3v) is 4.14. The molecule has 0 bridgehead atoms. The Morgan fingerprint density at radius 1 is 1.26 bits per heavy atom. The van der Waals surface area contributed by atoms with Crippen LogP contribution in [0.2, 0.25) is 10.0 Å². The molecule has 1 heterocycles. The van der Waals surface area contributed by atoms with Crippen LogP contribution in [0.4, 0.5) is 0 Å². The molecule has 2 aromatic rings. The summed E-state index contributed by atoms with van der Waals surface area (Å²) in [6, 6.07) is 5.28. The molecular formula is C16H21Cl2N3O2. The minimum atomic E-state index is -1.04. The van der Waals surface area contributed by atoms with Gasteiger partial charge in [0, 0.05) is 17.7 Å². The number of hydrogen-bond acceptors (Lipinski definition) is 4. The van der Waals surface area contributed by atoms with Gasteiger partial charge < -0.3 is 9.47 Å². The lowest BCUT2D eigenvalue weighted by atomic mass is 10.1. The Kier molecular flexibility index (Phi) is 6.84. The molecule has 0 amide bonds. The fourth-order valence-corrected chi connectivity index (χ4v) is 2.91. The van der Waals surface area contributed by atoms with E-state index in [9.17, 15) is 0 Å². The summed E-state index contributed by atoms with van der Waals surface area (Å²) in [5.74, 6) is -1.04. The molecule has 0 saturated heterocycles. The molecule has 0 aliphatic carbocycles. The second kappa shape index (κ2) is 8.64. The molecule has 7 heteroatoms. The number of halogens is 2. The summed E-state index contributed by atoms with van der Waals surface area (Å²) < 4.78 is 13.5. The van der Waals surface area contributed by atoms with E-state index in [-0.39, 0.29) is 0 Å². The lowest BCUT2D eigenvalue weighted by Crippen LogP contribution is -2.38. The van der Waals surface area contributed by atoms with Gasteiger partial charge in [0.2, 0.25) is 5.79 Å². The topological polar surface area (TPSA) is 49.2 Å². The minimum Gasteiger partial charge on any atom is -0.348 e. The van der Waals surface area contributed by atoms with Crippen LogP contribution in [0, 0.1) is 0 Å². The number of hydrogen-bond donors (Lipinski definition) is 0. The predicted octanol–water partition coefficient (Wildman–Crippen LogP) is 4.29. The van der Waals surface area contributed by atoms with Crippen molar-refractivity contribution in [2.45, 2.75) is 38.5 Å². The molecule has 0 saturated carbocycles. The maximum Gasteiger partial charge on any atom is 0.216 e. The Morgan fingerprint density at radius 2 is 2.09 bits per heavy atom. The van der Waals surface area contributed by atoms with Crippen molar-refractivity contribution in [2.24, 2.45) is 0 Å². The zero-order valence-corrected chi connectivity index (χ0v) is 14.8. The first kappa shape index (κ1) is 18.2. The van der Waals surface area contributed by atoms with E-state index in [4.69, 9.17) is 32.7 Å². The molecule has 1 unspecified atom stereocenters. The van der Waals surface area contributed by atoms with Gasteiger partial charge in [0.05, 0.1) is 11.6 Å². The zero-order chi connectivity index (χ0) is 16.7. The standard InChI is InChI=1S/C16H21Cl2N3O2/c1-3-4-5-8-23-16(22-2,10-21-12-19-11-20-21)14-7-6-13(17)9-15(14)18/h6-7,9,11-12H,3-5,8,10H2,1-2H3. The Morgan fingerprint density at radius 3 is 2.70 bits per heavy atom. The number of nitrogens with zero attached hydrogens (tertiary/aromatic N) is 3. The summed E-state index contributed by atoms with van der Waals surface area (Å²) in [4.78, 5) is 3.97. The highest BCUT2D eigenvalue weighted by Gasteiger charge is 2.36. The minimum absolute atomic E-state index is 0.344. The second-order valence-electron chi connectivity index (χ2n) is 5.23. The van der Waals surface area contributed by atoms with Gasteiger partial charge in [0.1, 0.15) is 19.2 Å². The van der Waals surface area contributed by atoms with Crippen LogP contribution in [-0.4, -0.2) is 28.5 Å².